The van der Waals surface area contributed by atoms with Gasteiger partial charge >= 0.3 is 0 Å². The average Bonchev–Trinajstić information content (AvgIpc) is 3.02. The highest BCUT2D eigenvalue weighted by Gasteiger charge is 2.32. The van der Waals surface area contributed by atoms with E-state index in [1.165, 1.54) is 58.0 Å². The van der Waals surface area contributed by atoms with Crippen LogP contribution in [0.4, 0.5) is 0 Å². The van der Waals surface area contributed by atoms with Crippen molar-refractivity contribution in [1.82, 2.24) is 4.90 Å². The molecular weight excluding hydrogens is 194 g/mol. The van der Waals surface area contributed by atoms with Gasteiger partial charge in [0, 0.05) is 18.5 Å². The van der Waals surface area contributed by atoms with Crippen molar-refractivity contribution < 1.29 is 0 Å². The first kappa shape index (κ1) is 10.8. The number of alkyl halides is 1. The van der Waals surface area contributed by atoms with Gasteiger partial charge in [-0.15, -0.1) is 11.6 Å². The molecular formula is C12H22ClN. The maximum atomic E-state index is 5.67. The second-order valence-corrected chi connectivity index (χ2v) is 5.30. The Morgan fingerprint density at radius 2 is 1.79 bits per heavy atom. The summed E-state index contributed by atoms with van der Waals surface area (Å²) in [6, 6.07) is 0.964. The summed E-state index contributed by atoms with van der Waals surface area (Å²) in [7, 11) is 0. The molecule has 2 saturated carbocycles. The van der Waals surface area contributed by atoms with E-state index in [9.17, 15) is 0 Å². The molecule has 0 aromatic heterocycles. The molecule has 0 unspecified atom stereocenters. The van der Waals surface area contributed by atoms with Crippen molar-refractivity contribution in [3.05, 3.63) is 0 Å². The van der Waals surface area contributed by atoms with E-state index in [4.69, 9.17) is 11.6 Å². The predicted molar refractivity (Wildman–Crippen MR) is 61.9 cm³/mol. The van der Waals surface area contributed by atoms with Crippen LogP contribution in [0.2, 0.25) is 0 Å². The summed E-state index contributed by atoms with van der Waals surface area (Å²) in [5.74, 6) is 1.90. The maximum absolute atomic E-state index is 5.67. The van der Waals surface area contributed by atoms with E-state index in [0.29, 0.717) is 0 Å². The zero-order chi connectivity index (χ0) is 9.80. The molecule has 2 aliphatic rings. The van der Waals surface area contributed by atoms with Crippen LogP contribution in [0.3, 0.4) is 0 Å². The average molecular weight is 216 g/mol. The van der Waals surface area contributed by atoms with Gasteiger partial charge in [-0.3, -0.25) is 0 Å². The molecule has 2 heteroatoms. The van der Waals surface area contributed by atoms with Gasteiger partial charge < -0.3 is 4.90 Å². The number of unbranched alkanes of at least 4 members (excludes halogenated alkanes) is 2. The third kappa shape index (κ3) is 3.78. The van der Waals surface area contributed by atoms with Crippen LogP contribution in [0.15, 0.2) is 0 Å². The van der Waals surface area contributed by atoms with Crippen LogP contribution in [-0.4, -0.2) is 29.9 Å². The Bertz CT molecular complexity index is 164. The quantitative estimate of drug-likeness (QED) is 0.444. The zero-order valence-electron chi connectivity index (χ0n) is 9.05. The Morgan fingerprint density at radius 3 is 2.36 bits per heavy atom. The molecule has 0 radical (unpaired) electrons. The Balaban J connectivity index is 1.57. The highest BCUT2D eigenvalue weighted by Crippen LogP contribution is 2.34. The maximum Gasteiger partial charge on any atom is 0.0223 e. The molecule has 0 N–H and O–H groups in total. The van der Waals surface area contributed by atoms with Crippen LogP contribution in [-0.2, 0) is 0 Å². The Labute approximate surface area is 92.8 Å². The molecule has 1 nitrogen and oxygen atoms in total. The van der Waals surface area contributed by atoms with E-state index in [1.807, 2.05) is 0 Å². The Hall–Kier alpha value is 0.250. The monoisotopic (exact) mass is 215 g/mol. The van der Waals surface area contributed by atoms with Crippen molar-refractivity contribution in [3.8, 4) is 0 Å². The molecule has 0 amide bonds. The van der Waals surface area contributed by atoms with Gasteiger partial charge in [0.25, 0.3) is 0 Å². The lowest BCUT2D eigenvalue weighted by atomic mass is 10.2. The number of nitrogens with zero attached hydrogens (tertiary/aromatic N) is 1. The number of rotatable bonds is 8. The van der Waals surface area contributed by atoms with Crippen LogP contribution in [0.5, 0.6) is 0 Å². The normalized spacial score (nSPS) is 21.9. The van der Waals surface area contributed by atoms with E-state index in [0.717, 1.165) is 17.8 Å². The van der Waals surface area contributed by atoms with Crippen molar-refractivity contribution in [2.24, 2.45) is 5.92 Å². The highest BCUT2D eigenvalue weighted by molar-refractivity contribution is 6.17. The van der Waals surface area contributed by atoms with Crippen molar-refractivity contribution in [2.45, 2.75) is 51.0 Å². The second kappa shape index (κ2) is 5.37. The van der Waals surface area contributed by atoms with Gasteiger partial charge in [-0.1, -0.05) is 6.42 Å². The van der Waals surface area contributed by atoms with E-state index in [-0.39, 0.29) is 0 Å². The molecule has 2 rings (SSSR count). The molecule has 0 spiro atoms. The van der Waals surface area contributed by atoms with Crippen LogP contribution >= 0.6 is 11.6 Å². The molecule has 2 aliphatic carbocycles. The molecule has 2 fully saturated rings. The van der Waals surface area contributed by atoms with Gasteiger partial charge in [0.1, 0.15) is 0 Å². The zero-order valence-corrected chi connectivity index (χ0v) is 9.81. The standard InChI is InChI=1S/C12H22ClN/c13-8-2-1-3-9-14(12-6-7-12)10-11-4-5-11/h11-12H,1-10H2. The van der Waals surface area contributed by atoms with E-state index in [1.54, 1.807) is 0 Å². The van der Waals surface area contributed by atoms with Gasteiger partial charge in [0.05, 0.1) is 0 Å². The Morgan fingerprint density at radius 1 is 1.00 bits per heavy atom. The molecule has 0 saturated heterocycles. The fourth-order valence-electron chi connectivity index (χ4n) is 2.08. The molecule has 0 atom stereocenters. The largest absolute Gasteiger partial charge is 0.300 e. The first-order chi connectivity index (χ1) is 6.90. The topological polar surface area (TPSA) is 3.24 Å². The van der Waals surface area contributed by atoms with Gasteiger partial charge in [-0.25, -0.2) is 0 Å². The summed E-state index contributed by atoms with van der Waals surface area (Å²) in [6.07, 6.45) is 9.77. The van der Waals surface area contributed by atoms with Crippen LogP contribution < -0.4 is 0 Å². The lowest BCUT2D eigenvalue weighted by Crippen LogP contribution is -2.29. The van der Waals surface area contributed by atoms with Gasteiger partial charge in [-0.2, -0.15) is 0 Å². The summed E-state index contributed by atoms with van der Waals surface area (Å²) >= 11 is 5.67. The van der Waals surface area contributed by atoms with E-state index >= 15 is 0 Å². The van der Waals surface area contributed by atoms with E-state index in [2.05, 4.69) is 4.90 Å². The second-order valence-electron chi connectivity index (χ2n) is 4.92. The molecule has 82 valence electrons. The van der Waals surface area contributed by atoms with Gasteiger partial charge in [0.2, 0.25) is 0 Å². The van der Waals surface area contributed by atoms with Crippen LogP contribution in [0.1, 0.15) is 44.9 Å². The summed E-state index contributed by atoms with van der Waals surface area (Å²) in [5, 5.41) is 0. The summed E-state index contributed by atoms with van der Waals surface area (Å²) in [6.45, 7) is 2.73. The fraction of sp³-hybridized carbons (Fsp3) is 1.00. The fourth-order valence-corrected chi connectivity index (χ4v) is 2.27. The molecule has 0 bridgehead atoms. The van der Waals surface area contributed by atoms with E-state index < -0.39 is 0 Å². The number of hydrogen-bond donors (Lipinski definition) is 0. The summed E-state index contributed by atoms with van der Waals surface area (Å²) in [4.78, 5) is 2.74. The SMILES string of the molecule is ClCCCCCN(CC1CC1)C1CC1. The van der Waals surface area contributed by atoms with Crippen LogP contribution in [0, 0.1) is 5.92 Å². The van der Waals surface area contributed by atoms with Gasteiger partial charge in [0.15, 0.2) is 0 Å². The molecule has 14 heavy (non-hydrogen) atoms. The number of hydrogen-bond acceptors (Lipinski definition) is 1. The highest BCUT2D eigenvalue weighted by atomic mass is 35.5. The number of halogens is 1. The minimum absolute atomic E-state index is 0.839. The predicted octanol–water partition coefficient (Wildman–Crippen LogP) is 3.27. The lowest BCUT2D eigenvalue weighted by Gasteiger charge is -2.21. The van der Waals surface area contributed by atoms with Gasteiger partial charge in [-0.05, 0) is 51.0 Å². The minimum Gasteiger partial charge on any atom is -0.300 e. The smallest absolute Gasteiger partial charge is 0.0223 e. The third-order valence-electron chi connectivity index (χ3n) is 3.33. The third-order valence-corrected chi connectivity index (χ3v) is 3.60. The Kier molecular flexibility index (Phi) is 4.12. The van der Waals surface area contributed by atoms with Crippen LogP contribution in [0.25, 0.3) is 0 Å². The van der Waals surface area contributed by atoms with Crippen molar-refractivity contribution in [1.29, 1.82) is 0 Å². The molecule has 0 aromatic rings. The molecule has 0 aliphatic heterocycles. The molecule has 0 aromatic carbocycles. The van der Waals surface area contributed by atoms with Crippen molar-refractivity contribution in [3.63, 3.8) is 0 Å². The first-order valence-electron chi connectivity index (χ1n) is 6.20. The lowest BCUT2D eigenvalue weighted by molar-refractivity contribution is 0.247. The molecule has 0 heterocycles. The summed E-state index contributed by atoms with van der Waals surface area (Å²) < 4.78 is 0. The minimum atomic E-state index is 0.839. The van der Waals surface area contributed by atoms with Crippen molar-refractivity contribution >= 4 is 11.6 Å². The first-order valence-corrected chi connectivity index (χ1v) is 6.73. The van der Waals surface area contributed by atoms with Crippen molar-refractivity contribution in [2.75, 3.05) is 19.0 Å². The summed E-state index contributed by atoms with van der Waals surface area (Å²) in [5.41, 5.74) is 0.